The summed E-state index contributed by atoms with van der Waals surface area (Å²) in [6.07, 6.45) is 3.34. The summed E-state index contributed by atoms with van der Waals surface area (Å²) in [6.45, 7) is 0.560. The number of rotatable bonds is 3. The number of aromatic nitrogens is 1. The van der Waals surface area contributed by atoms with E-state index in [4.69, 9.17) is 35.3 Å². The number of aliphatic hydroxyl groups is 1. The molecule has 0 aromatic carbocycles. The van der Waals surface area contributed by atoms with Crippen LogP contribution in [0.5, 0.6) is 0 Å². The van der Waals surface area contributed by atoms with Crippen LogP contribution in [0.15, 0.2) is 30.6 Å². The van der Waals surface area contributed by atoms with Crippen LogP contribution in [0.3, 0.4) is 0 Å². The normalized spacial score (nSPS) is 12.6. The van der Waals surface area contributed by atoms with E-state index in [-0.39, 0.29) is 5.88 Å². The zero-order valence-corrected chi connectivity index (χ0v) is 9.71. The zero-order valence-electron chi connectivity index (χ0n) is 8.20. The molecule has 1 aromatic heterocycles. The number of pyridine rings is 1. The van der Waals surface area contributed by atoms with Crippen LogP contribution in [-0.4, -0.2) is 21.7 Å². The van der Waals surface area contributed by atoms with Gasteiger partial charge in [0.2, 0.25) is 0 Å². The van der Waals surface area contributed by atoms with Crippen molar-refractivity contribution in [1.29, 1.82) is 0 Å². The van der Waals surface area contributed by atoms with E-state index < -0.39 is 16.3 Å². The lowest BCUT2D eigenvalue weighted by Crippen LogP contribution is -2.58. The standard InChI is InChI=1S/C8H11ClNO.ClHO4/c9-6-8(11)7-10-4-2-1-3-5-10;2-1(3,4)5/h1-5,8,11H,6-7H2;(H,2,3,4,5)/q+1;. The van der Waals surface area contributed by atoms with Crippen molar-refractivity contribution in [2.75, 3.05) is 5.88 Å². The number of hydrogen-bond acceptors (Lipinski definition) is 5. The number of nitrogens with zero attached hydrogens (tertiary/aromatic N) is 1. The highest BCUT2D eigenvalue weighted by Crippen LogP contribution is 1.87. The summed E-state index contributed by atoms with van der Waals surface area (Å²) >= 11 is 5.44. The van der Waals surface area contributed by atoms with E-state index in [0.29, 0.717) is 6.54 Å². The minimum atomic E-state index is -4.69. The molecule has 0 aliphatic carbocycles. The van der Waals surface area contributed by atoms with Gasteiger partial charge >= 0.3 is 0 Å². The summed E-state index contributed by atoms with van der Waals surface area (Å²) in [5, 5.41) is 9.16. The van der Waals surface area contributed by atoms with Gasteiger partial charge in [-0.2, -0.15) is 14.0 Å². The second kappa shape index (κ2) is 7.75. The Morgan fingerprint density at radius 3 is 2.00 bits per heavy atom. The maximum absolute atomic E-state index is 9.16. The molecule has 0 spiro atoms. The Morgan fingerprint density at radius 1 is 1.19 bits per heavy atom. The van der Waals surface area contributed by atoms with Crippen LogP contribution in [0.25, 0.3) is 0 Å². The second-order valence-corrected chi connectivity index (χ2v) is 3.88. The summed E-state index contributed by atoms with van der Waals surface area (Å²) in [4.78, 5) is 0. The Labute approximate surface area is 99.7 Å². The van der Waals surface area contributed by atoms with Gasteiger partial charge in [0.15, 0.2) is 18.9 Å². The summed E-state index contributed by atoms with van der Waals surface area (Å²) < 4.78 is 34.6. The van der Waals surface area contributed by atoms with E-state index in [1.807, 2.05) is 35.2 Å². The molecule has 8 heteroatoms. The van der Waals surface area contributed by atoms with E-state index >= 15 is 0 Å². The van der Waals surface area contributed by atoms with E-state index in [9.17, 15) is 0 Å². The Morgan fingerprint density at radius 2 is 1.62 bits per heavy atom. The molecule has 1 unspecified atom stereocenters. The fourth-order valence-electron chi connectivity index (χ4n) is 0.848. The SMILES string of the molecule is OC(CCl)C[n+]1ccccc1.[O-][Cl+3]([O-])([O-])O. The average molecular weight is 273 g/mol. The Bertz CT molecular complexity index is 274. The van der Waals surface area contributed by atoms with Gasteiger partial charge in [0.25, 0.3) is 0 Å². The van der Waals surface area contributed by atoms with Crippen molar-refractivity contribution in [3.63, 3.8) is 0 Å². The highest BCUT2D eigenvalue weighted by atomic mass is 35.7. The van der Waals surface area contributed by atoms with E-state index in [1.54, 1.807) is 0 Å². The summed E-state index contributed by atoms with van der Waals surface area (Å²) in [5.74, 6) is 0.280. The van der Waals surface area contributed by atoms with Gasteiger partial charge < -0.3 is 5.11 Å². The summed E-state index contributed by atoms with van der Waals surface area (Å²) in [6, 6.07) is 5.77. The molecule has 0 aliphatic heterocycles. The highest BCUT2D eigenvalue weighted by molar-refractivity contribution is 6.18. The lowest BCUT2D eigenvalue weighted by molar-refractivity contribution is -1.92. The molecule has 0 fully saturated rings. The molecular formula is C8H12Cl2NO5+. The van der Waals surface area contributed by atoms with Crippen LogP contribution in [0.1, 0.15) is 0 Å². The van der Waals surface area contributed by atoms with Crippen LogP contribution in [0.2, 0.25) is 0 Å². The lowest BCUT2D eigenvalue weighted by atomic mass is 10.4. The molecular weight excluding hydrogens is 261 g/mol. The van der Waals surface area contributed by atoms with Gasteiger partial charge in [0, 0.05) is 12.1 Å². The molecule has 1 atom stereocenters. The van der Waals surface area contributed by atoms with Gasteiger partial charge in [-0.25, -0.2) is 4.57 Å². The van der Waals surface area contributed by atoms with E-state index in [0.717, 1.165) is 0 Å². The summed E-state index contributed by atoms with van der Waals surface area (Å²) in [7, 11) is -4.69. The topological polar surface area (TPSA) is 114 Å². The smallest absolute Gasteiger partial charge is 0.175 e. The van der Waals surface area contributed by atoms with Gasteiger partial charge in [-0.15, -0.1) is 11.6 Å². The number of aliphatic hydroxyl groups excluding tert-OH is 1. The molecule has 0 saturated carbocycles. The molecule has 0 saturated heterocycles. The van der Waals surface area contributed by atoms with Crippen molar-refractivity contribution in [2.24, 2.45) is 0 Å². The van der Waals surface area contributed by atoms with Crippen molar-refractivity contribution in [2.45, 2.75) is 12.6 Å². The first kappa shape index (κ1) is 15.5. The molecule has 0 amide bonds. The fourth-order valence-corrected chi connectivity index (χ4v) is 0.946. The van der Waals surface area contributed by atoms with Gasteiger partial charge in [-0.3, -0.25) is 0 Å². The first-order chi connectivity index (χ1) is 7.33. The molecule has 1 rings (SSSR count). The third-order valence-electron chi connectivity index (χ3n) is 1.38. The Hall–Kier alpha value is -0.470. The molecule has 16 heavy (non-hydrogen) atoms. The molecule has 0 bridgehead atoms. The van der Waals surface area contributed by atoms with Gasteiger partial charge in [-0.1, -0.05) is 6.07 Å². The zero-order chi connectivity index (χ0) is 12.6. The Balaban J connectivity index is 0.000000385. The third kappa shape index (κ3) is 11.6. The fraction of sp³-hybridized carbons (Fsp3) is 0.375. The third-order valence-corrected chi connectivity index (χ3v) is 1.73. The van der Waals surface area contributed by atoms with Crippen LogP contribution >= 0.6 is 11.6 Å². The quantitative estimate of drug-likeness (QED) is 0.437. The van der Waals surface area contributed by atoms with Crippen molar-refractivity contribution in [1.82, 2.24) is 0 Å². The minimum absolute atomic E-state index is 0.280. The van der Waals surface area contributed by atoms with Gasteiger partial charge in [0.05, 0.1) is 20.8 Å². The summed E-state index contributed by atoms with van der Waals surface area (Å²) in [5.41, 5.74) is 0. The predicted molar refractivity (Wildman–Crippen MR) is 45.6 cm³/mol. The van der Waals surface area contributed by atoms with Crippen LogP contribution in [0.4, 0.5) is 0 Å². The predicted octanol–water partition coefficient (Wildman–Crippen LogP) is -3.55. The van der Waals surface area contributed by atoms with Crippen LogP contribution in [-0.2, 0) is 6.54 Å². The first-order valence-electron chi connectivity index (χ1n) is 4.14. The molecule has 1 aromatic rings. The molecule has 6 nitrogen and oxygen atoms in total. The maximum Gasteiger partial charge on any atom is 0.175 e. The van der Waals surface area contributed by atoms with Crippen LogP contribution in [0, 0.1) is 10.2 Å². The molecule has 2 N–H and O–H groups in total. The number of halogens is 2. The van der Waals surface area contributed by atoms with Gasteiger partial charge in [0.1, 0.15) is 6.10 Å². The number of alkyl halides is 1. The van der Waals surface area contributed by atoms with Crippen molar-refractivity contribution in [3.05, 3.63) is 30.6 Å². The Kier molecular flexibility index (Phi) is 7.52. The monoisotopic (exact) mass is 272 g/mol. The van der Waals surface area contributed by atoms with Gasteiger partial charge in [-0.05, 0) is 0 Å². The van der Waals surface area contributed by atoms with E-state index in [1.165, 1.54) is 0 Å². The first-order valence-corrected chi connectivity index (χ1v) is 5.94. The number of hydrogen-bond donors (Lipinski definition) is 2. The van der Waals surface area contributed by atoms with Crippen molar-refractivity contribution in [3.8, 4) is 0 Å². The molecule has 0 aliphatic rings. The van der Waals surface area contributed by atoms with Crippen molar-refractivity contribution >= 4 is 11.6 Å². The maximum atomic E-state index is 9.16. The average Bonchev–Trinajstić information content (AvgIpc) is 2.16. The van der Waals surface area contributed by atoms with Crippen molar-refractivity contribution < 1.29 is 38.6 Å². The minimum Gasteiger partial charge on any atom is -0.385 e. The highest BCUT2D eigenvalue weighted by Gasteiger charge is 2.07. The second-order valence-electron chi connectivity index (χ2n) is 2.78. The van der Waals surface area contributed by atoms with Crippen LogP contribution < -0.4 is 18.5 Å². The largest absolute Gasteiger partial charge is 0.385 e. The molecule has 1 heterocycles. The van der Waals surface area contributed by atoms with E-state index in [2.05, 4.69) is 0 Å². The lowest BCUT2D eigenvalue weighted by Gasteiger charge is -2.03. The molecule has 92 valence electrons. The molecule has 0 radical (unpaired) electrons.